The highest BCUT2D eigenvalue weighted by Crippen LogP contribution is 2.18. The first kappa shape index (κ1) is 16.0. The van der Waals surface area contributed by atoms with Crippen LogP contribution in [0.4, 0.5) is 5.69 Å². The fourth-order valence-electron chi connectivity index (χ4n) is 2.19. The van der Waals surface area contributed by atoms with Gasteiger partial charge in [0.25, 0.3) is 0 Å². The van der Waals surface area contributed by atoms with Crippen LogP contribution in [0.5, 0.6) is 0 Å². The summed E-state index contributed by atoms with van der Waals surface area (Å²) in [5, 5.41) is 3.40. The topological polar surface area (TPSA) is 28.2 Å². The van der Waals surface area contributed by atoms with Crippen LogP contribution in [0.25, 0.3) is 0 Å². The van der Waals surface area contributed by atoms with E-state index in [4.69, 9.17) is 0 Å². The summed E-state index contributed by atoms with van der Waals surface area (Å²) in [6, 6.07) is 12.5. The molecule has 2 aromatic rings. The lowest BCUT2D eigenvalue weighted by Gasteiger charge is -2.17. The molecule has 1 heterocycles. The molecule has 4 heteroatoms. The number of nitrogens with zero attached hydrogens (tertiary/aromatic N) is 2. The Bertz CT molecular complexity index is 571. The number of pyridine rings is 1. The van der Waals surface area contributed by atoms with Gasteiger partial charge in [0, 0.05) is 36.0 Å². The Kier molecular flexibility index (Phi) is 6.21. The number of nitrogens with one attached hydrogen (secondary N) is 1. The molecule has 21 heavy (non-hydrogen) atoms. The molecule has 2 rings (SSSR count). The molecule has 0 aliphatic carbocycles. The Morgan fingerprint density at radius 1 is 1.19 bits per heavy atom. The van der Waals surface area contributed by atoms with Crippen molar-refractivity contribution >= 4 is 21.6 Å². The smallest absolute Gasteiger partial charge is 0.0564 e. The maximum absolute atomic E-state index is 4.46. The summed E-state index contributed by atoms with van der Waals surface area (Å²) in [5.41, 5.74) is 3.53. The average molecular weight is 348 g/mol. The summed E-state index contributed by atoms with van der Waals surface area (Å²) in [7, 11) is 2.12. The highest BCUT2D eigenvalue weighted by Gasteiger charge is 2.06. The molecule has 0 aliphatic heterocycles. The van der Waals surface area contributed by atoms with Gasteiger partial charge in [-0.1, -0.05) is 41.1 Å². The molecule has 112 valence electrons. The van der Waals surface area contributed by atoms with E-state index in [9.17, 15) is 0 Å². The van der Waals surface area contributed by atoms with Crippen LogP contribution in [0.2, 0.25) is 0 Å². The van der Waals surface area contributed by atoms with Gasteiger partial charge in [0.05, 0.1) is 5.69 Å². The third-order valence-electron chi connectivity index (χ3n) is 3.23. The van der Waals surface area contributed by atoms with Gasteiger partial charge in [0.2, 0.25) is 0 Å². The van der Waals surface area contributed by atoms with Gasteiger partial charge in [0.15, 0.2) is 0 Å². The molecule has 1 aromatic heterocycles. The van der Waals surface area contributed by atoms with E-state index < -0.39 is 0 Å². The van der Waals surface area contributed by atoms with Crippen LogP contribution in [0, 0.1) is 0 Å². The highest BCUT2D eigenvalue weighted by atomic mass is 79.9. The second kappa shape index (κ2) is 8.15. The van der Waals surface area contributed by atoms with Gasteiger partial charge in [-0.15, -0.1) is 0 Å². The molecule has 0 atom stereocenters. The quantitative estimate of drug-likeness (QED) is 0.809. The molecule has 0 radical (unpaired) electrons. The van der Waals surface area contributed by atoms with Crippen molar-refractivity contribution in [2.45, 2.75) is 26.4 Å². The monoisotopic (exact) mass is 347 g/mol. The largest absolute Gasteiger partial charge is 0.385 e. The van der Waals surface area contributed by atoms with E-state index in [2.05, 4.69) is 69.4 Å². The maximum atomic E-state index is 4.46. The first-order valence-corrected chi connectivity index (χ1v) is 8.09. The van der Waals surface area contributed by atoms with Crippen LogP contribution >= 0.6 is 15.9 Å². The van der Waals surface area contributed by atoms with Crippen LogP contribution in [-0.2, 0) is 13.1 Å². The standard InChI is InChI=1S/C17H22BrN3/c1-3-9-19-15-8-10-20-16(11-15)13-21(2)12-14-6-4-5-7-17(14)18/h4-8,10-11H,3,9,12-13H2,1-2H3,(H,19,20). The predicted octanol–water partition coefficient (Wildman–Crippen LogP) is 4.30. The van der Waals surface area contributed by atoms with Gasteiger partial charge >= 0.3 is 0 Å². The molecule has 1 aromatic carbocycles. The number of hydrogen-bond donors (Lipinski definition) is 1. The summed E-state index contributed by atoms with van der Waals surface area (Å²) in [4.78, 5) is 6.73. The van der Waals surface area contributed by atoms with Crippen molar-refractivity contribution in [1.29, 1.82) is 0 Å². The zero-order valence-corrected chi connectivity index (χ0v) is 14.2. The summed E-state index contributed by atoms with van der Waals surface area (Å²) in [5.74, 6) is 0. The van der Waals surface area contributed by atoms with Crippen molar-refractivity contribution in [3.05, 3.63) is 58.3 Å². The third-order valence-corrected chi connectivity index (χ3v) is 4.00. The van der Waals surface area contributed by atoms with E-state index in [-0.39, 0.29) is 0 Å². The Morgan fingerprint density at radius 2 is 2.00 bits per heavy atom. The average Bonchev–Trinajstić information content (AvgIpc) is 2.48. The summed E-state index contributed by atoms with van der Waals surface area (Å²) in [6.45, 7) is 4.90. The van der Waals surface area contributed by atoms with Crippen molar-refractivity contribution in [2.75, 3.05) is 18.9 Å². The van der Waals surface area contributed by atoms with Crippen molar-refractivity contribution < 1.29 is 0 Å². The molecular weight excluding hydrogens is 326 g/mol. The normalized spacial score (nSPS) is 10.9. The lowest BCUT2D eigenvalue weighted by molar-refractivity contribution is 0.314. The van der Waals surface area contributed by atoms with E-state index in [0.717, 1.165) is 41.9 Å². The minimum absolute atomic E-state index is 0.836. The number of halogens is 1. The first-order valence-electron chi connectivity index (χ1n) is 7.29. The van der Waals surface area contributed by atoms with E-state index in [0.29, 0.717) is 0 Å². The lowest BCUT2D eigenvalue weighted by Crippen LogP contribution is -2.18. The van der Waals surface area contributed by atoms with Crippen LogP contribution in [-0.4, -0.2) is 23.5 Å². The predicted molar refractivity (Wildman–Crippen MR) is 92.3 cm³/mol. The van der Waals surface area contributed by atoms with Crippen LogP contribution in [0.1, 0.15) is 24.6 Å². The number of anilines is 1. The molecule has 1 N–H and O–H groups in total. The summed E-state index contributed by atoms with van der Waals surface area (Å²) < 4.78 is 1.16. The second-order valence-electron chi connectivity index (χ2n) is 5.23. The third kappa shape index (κ3) is 5.14. The zero-order chi connectivity index (χ0) is 15.1. The molecule has 0 bridgehead atoms. The Hall–Kier alpha value is -1.39. The Labute approximate surface area is 135 Å². The summed E-state index contributed by atoms with van der Waals surface area (Å²) >= 11 is 3.60. The van der Waals surface area contributed by atoms with Crippen LogP contribution in [0.15, 0.2) is 47.1 Å². The van der Waals surface area contributed by atoms with Crippen molar-refractivity contribution in [1.82, 2.24) is 9.88 Å². The minimum Gasteiger partial charge on any atom is -0.385 e. The molecule has 0 spiro atoms. The van der Waals surface area contributed by atoms with E-state index in [1.807, 2.05) is 18.3 Å². The zero-order valence-electron chi connectivity index (χ0n) is 12.6. The lowest BCUT2D eigenvalue weighted by atomic mass is 10.2. The molecule has 3 nitrogen and oxygen atoms in total. The van der Waals surface area contributed by atoms with Crippen LogP contribution < -0.4 is 5.32 Å². The maximum Gasteiger partial charge on any atom is 0.0564 e. The van der Waals surface area contributed by atoms with E-state index in [1.165, 1.54) is 5.56 Å². The highest BCUT2D eigenvalue weighted by molar-refractivity contribution is 9.10. The van der Waals surface area contributed by atoms with Gasteiger partial charge < -0.3 is 5.32 Å². The van der Waals surface area contributed by atoms with Crippen molar-refractivity contribution in [3.63, 3.8) is 0 Å². The minimum atomic E-state index is 0.836. The Balaban J connectivity index is 1.96. The van der Waals surface area contributed by atoms with Gasteiger partial charge in [-0.2, -0.15) is 0 Å². The van der Waals surface area contributed by atoms with Gasteiger partial charge in [0.1, 0.15) is 0 Å². The number of hydrogen-bond acceptors (Lipinski definition) is 3. The van der Waals surface area contributed by atoms with E-state index in [1.54, 1.807) is 0 Å². The number of rotatable bonds is 7. The molecule has 0 saturated heterocycles. The SMILES string of the molecule is CCCNc1ccnc(CN(C)Cc2ccccc2Br)c1. The van der Waals surface area contributed by atoms with Crippen molar-refractivity contribution in [2.24, 2.45) is 0 Å². The molecule has 0 fully saturated rings. The summed E-state index contributed by atoms with van der Waals surface area (Å²) in [6.07, 6.45) is 3.00. The van der Waals surface area contributed by atoms with E-state index >= 15 is 0 Å². The molecule has 0 unspecified atom stereocenters. The molecule has 0 aliphatic rings. The van der Waals surface area contributed by atoms with Crippen LogP contribution in [0.3, 0.4) is 0 Å². The molecule has 0 saturated carbocycles. The van der Waals surface area contributed by atoms with Crippen molar-refractivity contribution in [3.8, 4) is 0 Å². The molecular formula is C17H22BrN3. The number of benzene rings is 1. The van der Waals surface area contributed by atoms with Gasteiger partial charge in [-0.05, 0) is 37.2 Å². The Morgan fingerprint density at radius 3 is 2.76 bits per heavy atom. The second-order valence-corrected chi connectivity index (χ2v) is 6.08. The van der Waals surface area contributed by atoms with Gasteiger partial charge in [-0.3, -0.25) is 9.88 Å². The number of aromatic nitrogens is 1. The first-order chi connectivity index (χ1) is 10.2. The fourth-order valence-corrected chi connectivity index (χ4v) is 2.60. The molecule has 0 amide bonds. The fraction of sp³-hybridized carbons (Fsp3) is 0.353. The van der Waals surface area contributed by atoms with Gasteiger partial charge in [-0.25, -0.2) is 0 Å².